The van der Waals surface area contributed by atoms with Crippen LogP contribution in [0.1, 0.15) is 30.5 Å². The van der Waals surface area contributed by atoms with Gasteiger partial charge in [0.15, 0.2) is 0 Å². The van der Waals surface area contributed by atoms with Gasteiger partial charge in [-0.1, -0.05) is 11.6 Å². The van der Waals surface area contributed by atoms with Crippen LogP contribution < -0.4 is 10.5 Å². The Morgan fingerprint density at radius 1 is 1.50 bits per heavy atom. The van der Waals surface area contributed by atoms with Crippen molar-refractivity contribution >= 4 is 11.6 Å². The number of ether oxygens (including phenoxy) is 1. The zero-order valence-corrected chi connectivity index (χ0v) is 10.4. The standard InChI is InChI=1S/C12H18ClNO2/c1-3-16-12-6-8(2)9(7-10(12)13)11(14)4-5-15/h6-7,11,15H,3-5,14H2,1-2H3. The zero-order valence-electron chi connectivity index (χ0n) is 9.66. The average molecular weight is 244 g/mol. The molecule has 0 saturated carbocycles. The van der Waals surface area contributed by atoms with E-state index in [0.29, 0.717) is 23.8 Å². The molecule has 1 aromatic rings. The van der Waals surface area contributed by atoms with Gasteiger partial charge in [0, 0.05) is 12.6 Å². The Hall–Kier alpha value is -0.770. The first-order valence-corrected chi connectivity index (χ1v) is 5.77. The summed E-state index contributed by atoms with van der Waals surface area (Å²) in [6, 6.07) is 3.53. The monoisotopic (exact) mass is 243 g/mol. The summed E-state index contributed by atoms with van der Waals surface area (Å²) in [7, 11) is 0. The van der Waals surface area contributed by atoms with Crippen molar-refractivity contribution in [3.63, 3.8) is 0 Å². The second-order valence-corrected chi connectivity index (χ2v) is 4.10. The molecule has 0 fully saturated rings. The van der Waals surface area contributed by atoms with E-state index >= 15 is 0 Å². The summed E-state index contributed by atoms with van der Waals surface area (Å²) in [5, 5.41) is 9.42. The summed E-state index contributed by atoms with van der Waals surface area (Å²) >= 11 is 6.08. The van der Waals surface area contributed by atoms with Crippen LogP contribution in [0.15, 0.2) is 12.1 Å². The maximum Gasteiger partial charge on any atom is 0.138 e. The number of aryl methyl sites for hydroxylation is 1. The number of benzene rings is 1. The first-order valence-electron chi connectivity index (χ1n) is 5.39. The quantitative estimate of drug-likeness (QED) is 0.835. The van der Waals surface area contributed by atoms with Gasteiger partial charge in [-0.25, -0.2) is 0 Å². The third kappa shape index (κ3) is 3.11. The molecular weight excluding hydrogens is 226 g/mol. The lowest BCUT2D eigenvalue weighted by atomic mass is 9.99. The second kappa shape index (κ2) is 6.09. The Kier molecular flexibility index (Phi) is 5.06. The maximum atomic E-state index is 8.86. The normalized spacial score (nSPS) is 12.6. The Labute approximate surface area is 101 Å². The van der Waals surface area contributed by atoms with Gasteiger partial charge >= 0.3 is 0 Å². The molecule has 0 aliphatic rings. The summed E-state index contributed by atoms with van der Waals surface area (Å²) in [5.41, 5.74) is 7.94. The van der Waals surface area contributed by atoms with Crippen molar-refractivity contribution in [2.24, 2.45) is 5.73 Å². The predicted molar refractivity (Wildman–Crippen MR) is 66.0 cm³/mol. The number of nitrogens with two attached hydrogens (primary N) is 1. The summed E-state index contributed by atoms with van der Waals surface area (Å²) in [5.74, 6) is 0.682. The third-order valence-corrected chi connectivity index (χ3v) is 2.76. The summed E-state index contributed by atoms with van der Waals surface area (Å²) < 4.78 is 5.39. The van der Waals surface area contributed by atoms with Crippen molar-refractivity contribution in [3.8, 4) is 5.75 Å². The highest BCUT2D eigenvalue weighted by molar-refractivity contribution is 6.32. The van der Waals surface area contributed by atoms with Gasteiger partial charge in [0.25, 0.3) is 0 Å². The third-order valence-electron chi connectivity index (χ3n) is 2.46. The summed E-state index contributed by atoms with van der Waals surface area (Å²) in [6.07, 6.45) is 0.533. The van der Waals surface area contributed by atoms with Crippen molar-refractivity contribution in [3.05, 3.63) is 28.3 Å². The minimum atomic E-state index is -0.182. The van der Waals surface area contributed by atoms with Crippen LogP contribution in [-0.4, -0.2) is 18.3 Å². The Morgan fingerprint density at radius 3 is 2.75 bits per heavy atom. The van der Waals surface area contributed by atoms with Crippen LogP contribution in [0.2, 0.25) is 5.02 Å². The maximum absolute atomic E-state index is 8.86. The molecule has 90 valence electrons. The minimum absolute atomic E-state index is 0.0748. The van der Waals surface area contributed by atoms with E-state index in [2.05, 4.69) is 0 Å². The number of halogens is 1. The molecule has 1 aromatic carbocycles. The zero-order chi connectivity index (χ0) is 12.1. The van der Waals surface area contributed by atoms with E-state index in [-0.39, 0.29) is 12.6 Å². The molecule has 3 N–H and O–H groups in total. The summed E-state index contributed by atoms with van der Waals surface area (Å²) in [4.78, 5) is 0. The van der Waals surface area contributed by atoms with Crippen LogP contribution in [0, 0.1) is 6.92 Å². The highest BCUT2D eigenvalue weighted by Gasteiger charge is 2.12. The molecule has 0 heterocycles. The van der Waals surface area contributed by atoms with Crippen LogP contribution in [-0.2, 0) is 0 Å². The SMILES string of the molecule is CCOc1cc(C)c(C(N)CCO)cc1Cl. The smallest absolute Gasteiger partial charge is 0.138 e. The number of aliphatic hydroxyl groups is 1. The second-order valence-electron chi connectivity index (χ2n) is 3.69. The molecule has 0 bridgehead atoms. The molecule has 0 amide bonds. The van der Waals surface area contributed by atoms with E-state index in [1.807, 2.05) is 26.0 Å². The van der Waals surface area contributed by atoms with Crippen LogP contribution >= 0.6 is 11.6 Å². The van der Waals surface area contributed by atoms with Gasteiger partial charge in [0.05, 0.1) is 11.6 Å². The van der Waals surface area contributed by atoms with E-state index in [1.54, 1.807) is 0 Å². The number of aliphatic hydroxyl groups excluding tert-OH is 1. The van der Waals surface area contributed by atoms with Crippen LogP contribution in [0.25, 0.3) is 0 Å². The fourth-order valence-electron chi connectivity index (χ4n) is 1.63. The van der Waals surface area contributed by atoms with Gasteiger partial charge in [0.1, 0.15) is 5.75 Å². The topological polar surface area (TPSA) is 55.5 Å². The Morgan fingerprint density at radius 2 is 2.19 bits per heavy atom. The van der Waals surface area contributed by atoms with E-state index in [9.17, 15) is 0 Å². The highest BCUT2D eigenvalue weighted by atomic mass is 35.5. The van der Waals surface area contributed by atoms with Crippen LogP contribution in [0.4, 0.5) is 0 Å². The number of hydrogen-bond acceptors (Lipinski definition) is 3. The van der Waals surface area contributed by atoms with Gasteiger partial charge in [-0.15, -0.1) is 0 Å². The lowest BCUT2D eigenvalue weighted by molar-refractivity contribution is 0.276. The predicted octanol–water partition coefficient (Wildman–Crippen LogP) is 2.43. The molecule has 0 aliphatic carbocycles. The van der Waals surface area contributed by atoms with E-state index in [1.165, 1.54) is 0 Å². The molecule has 1 rings (SSSR count). The molecule has 4 heteroatoms. The minimum Gasteiger partial charge on any atom is -0.492 e. The molecule has 0 saturated heterocycles. The van der Waals surface area contributed by atoms with Gasteiger partial charge in [-0.3, -0.25) is 0 Å². The van der Waals surface area contributed by atoms with Gasteiger partial charge in [0.2, 0.25) is 0 Å². The van der Waals surface area contributed by atoms with Gasteiger partial charge in [-0.2, -0.15) is 0 Å². The lowest BCUT2D eigenvalue weighted by Gasteiger charge is -2.16. The molecule has 1 unspecified atom stereocenters. The molecule has 0 radical (unpaired) electrons. The van der Waals surface area contributed by atoms with E-state index < -0.39 is 0 Å². The van der Waals surface area contributed by atoms with Crippen LogP contribution in [0.5, 0.6) is 5.75 Å². The molecule has 0 spiro atoms. The van der Waals surface area contributed by atoms with Crippen molar-refractivity contribution in [2.75, 3.05) is 13.2 Å². The first-order chi connectivity index (χ1) is 7.60. The van der Waals surface area contributed by atoms with Crippen molar-refractivity contribution in [1.29, 1.82) is 0 Å². The highest BCUT2D eigenvalue weighted by Crippen LogP contribution is 2.31. The molecule has 0 aliphatic heterocycles. The Balaban J connectivity index is 3.00. The van der Waals surface area contributed by atoms with Gasteiger partial charge in [-0.05, 0) is 43.5 Å². The van der Waals surface area contributed by atoms with E-state index in [4.69, 9.17) is 27.2 Å². The lowest BCUT2D eigenvalue weighted by Crippen LogP contribution is -2.13. The van der Waals surface area contributed by atoms with Gasteiger partial charge < -0.3 is 15.6 Å². The van der Waals surface area contributed by atoms with Crippen molar-refractivity contribution in [2.45, 2.75) is 26.3 Å². The van der Waals surface area contributed by atoms with Crippen molar-refractivity contribution < 1.29 is 9.84 Å². The van der Waals surface area contributed by atoms with E-state index in [0.717, 1.165) is 11.1 Å². The summed E-state index contributed by atoms with van der Waals surface area (Å²) in [6.45, 7) is 4.54. The Bertz CT molecular complexity index is 355. The molecule has 3 nitrogen and oxygen atoms in total. The molecule has 1 atom stereocenters. The fourth-order valence-corrected chi connectivity index (χ4v) is 1.86. The fraction of sp³-hybridized carbons (Fsp3) is 0.500. The average Bonchev–Trinajstić information content (AvgIpc) is 2.23. The first kappa shape index (κ1) is 13.3. The number of rotatable bonds is 5. The molecular formula is C12H18ClNO2. The van der Waals surface area contributed by atoms with Crippen molar-refractivity contribution in [1.82, 2.24) is 0 Å². The molecule has 16 heavy (non-hydrogen) atoms. The molecule has 0 aromatic heterocycles. The van der Waals surface area contributed by atoms with Crippen LogP contribution in [0.3, 0.4) is 0 Å². The largest absolute Gasteiger partial charge is 0.492 e. The number of hydrogen-bond donors (Lipinski definition) is 2.